The summed E-state index contributed by atoms with van der Waals surface area (Å²) in [5, 5.41) is 7.44. The van der Waals surface area contributed by atoms with Crippen molar-refractivity contribution in [2.24, 2.45) is 13.0 Å². The Labute approximate surface area is 150 Å². The molecule has 1 atom stereocenters. The number of hydrogen-bond donors (Lipinski definition) is 1. The second-order valence-electron chi connectivity index (χ2n) is 7.08. The van der Waals surface area contributed by atoms with Crippen LogP contribution in [0.2, 0.25) is 0 Å². The van der Waals surface area contributed by atoms with E-state index in [-0.39, 0.29) is 17.9 Å². The van der Waals surface area contributed by atoms with Crippen LogP contribution in [0.1, 0.15) is 42.6 Å². The van der Waals surface area contributed by atoms with Gasteiger partial charge in [-0.15, -0.1) is 0 Å². The average molecular weight is 340 g/mol. The van der Waals surface area contributed by atoms with E-state index in [1.165, 1.54) is 5.56 Å². The van der Waals surface area contributed by atoms with Crippen LogP contribution in [0, 0.1) is 12.8 Å². The van der Waals surface area contributed by atoms with Crippen molar-refractivity contribution in [1.82, 2.24) is 20.0 Å². The fourth-order valence-electron chi connectivity index (χ4n) is 3.54. The Bertz CT molecular complexity index is 702. The number of likely N-dealkylation sites (tertiary alicyclic amines) is 1. The van der Waals surface area contributed by atoms with E-state index in [2.05, 4.69) is 39.6 Å². The van der Waals surface area contributed by atoms with Crippen molar-refractivity contribution in [2.75, 3.05) is 13.1 Å². The largest absolute Gasteiger partial charge is 0.349 e. The van der Waals surface area contributed by atoms with Gasteiger partial charge in [0.25, 0.3) is 0 Å². The smallest absolute Gasteiger partial charge is 0.223 e. The van der Waals surface area contributed by atoms with Crippen molar-refractivity contribution in [3.63, 3.8) is 0 Å². The number of carbonyl (C=O) groups excluding carboxylic acids is 1. The number of carbonyl (C=O) groups is 1. The summed E-state index contributed by atoms with van der Waals surface area (Å²) in [6.07, 6.45) is 3.71. The van der Waals surface area contributed by atoms with Gasteiger partial charge in [0.05, 0.1) is 12.2 Å². The first-order chi connectivity index (χ1) is 12.0. The minimum absolute atomic E-state index is 0.00329. The normalized spacial score (nSPS) is 17.4. The van der Waals surface area contributed by atoms with Gasteiger partial charge in [0.15, 0.2) is 0 Å². The topological polar surface area (TPSA) is 50.2 Å². The molecule has 0 bridgehead atoms. The summed E-state index contributed by atoms with van der Waals surface area (Å²) in [7, 11) is 1.93. The molecule has 1 amide bonds. The predicted octanol–water partition coefficient (Wildman–Crippen LogP) is 2.82. The lowest BCUT2D eigenvalue weighted by atomic mass is 9.95. The minimum Gasteiger partial charge on any atom is -0.349 e. The second-order valence-corrected chi connectivity index (χ2v) is 7.08. The molecule has 0 saturated carbocycles. The van der Waals surface area contributed by atoms with Crippen molar-refractivity contribution < 1.29 is 4.79 Å². The molecule has 134 valence electrons. The van der Waals surface area contributed by atoms with Gasteiger partial charge in [-0.25, -0.2) is 0 Å². The third kappa shape index (κ3) is 4.28. The highest BCUT2D eigenvalue weighted by molar-refractivity contribution is 5.79. The molecular weight excluding hydrogens is 312 g/mol. The van der Waals surface area contributed by atoms with Gasteiger partial charge in [0, 0.05) is 30.8 Å². The molecule has 5 heteroatoms. The van der Waals surface area contributed by atoms with Gasteiger partial charge in [0.1, 0.15) is 0 Å². The highest BCUT2D eigenvalue weighted by Crippen LogP contribution is 2.22. The summed E-state index contributed by atoms with van der Waals surface area (Å²) in [5.41, 5.74) is 3.54. The summed E-state index contributed by atoms with van der Waals surface area (Å²) < 4.78 is 1.85. The molecule has 3 rings (SSSR count). The number of nitrogens with zero attached hydrogens (tertiary/aromatic N) is 3. The molecule has 1 aliphatic heterocycles. The van der Waals surface area contributed by atoms with Gasteiger partial charge in [-0.05, 0) is 45.3 Å². The van der Waals surface area contributed by atoms with E-state index in [1.54, 1.807) is 0 Å². The third-order valence-electron chi connectivity index (χ3n) is 5.31. The van der Waals surface area contributed by atoms with E-state index < -0.39 is 0 Å². The van der Waals surface area contributed by atoms with Gasteiger partial charge in [-0.2, -0.15) is 5.10 Å². The maximum Gasteiger partial charge on any atom is 0.223 e. The van der Waals surface area contributed by atoms with Crippen LogP contribution in [0.5, 0.6) is 0 Å². The van der Waals surface area contributed by atoms with Crippen molar-refractivity contribution >= 4 is 5.91 Å². The molecule has 5 nitrogen and oxygen atoms in total. The number of aromatic nitrogens is 2. The monoisotopic (exact) mass is 340 g/mol. The minimum atomic E-state index is 0.00329. The Kier molecular flexibility index (Phi) is 5.53. The van der Waals surface area contributed by atoms with Crippen LogP contribution in [-0.4, -0.2) is 33.7 Å². The van der Waals surface area contributed by atoms with E-state index in [1.807, 2.05) is 37.8 Å². The summed E-state index contributed by atoms with van der Waals surface area (Å²) in [4.78, 5) is 15.0. The number of piperidine rings is 1. The first-order valence-electron chi connectivity index (χ1n) is 9.09. The maximum absolute atomic E-state index is 12.6. The Morgan fingerprint density at radius 1 is 1.28 bits per heavy atom. The average Bonchev–Trinajstić information content (AvgIpc) is 2.95. The maximum atomic E-state index is 12.6. The molecule has 1 saturated heterocycles. The third-order valence-corrected chi connectivity index (χ3v) is 5.31. The van der Waals surface area contributed by atoms with E-state index >= 15 is 0 Å². The Morgan fingerprint density at radius 2 is 1.96 bits per heavy atom. The van der Waals surface area contributed by atoms with Gasteiger partial charge >= 0.3 is 0 Å². The summed E-state index contributed by atoms with van der Waals surface area (Å²) in [5.74, 6) is 0.293. The van der Waals surface area contributed by atoms with Crippen molar-refractivity contribution in [2.45, 2.75) is 39.3 Å². The van der Waals surface area contributed by atoms with Crippen LogP contribution in [-0.2, 0) is 18.4 Å². The molecule has 1 fully saturated rings. The van der Waals surface area contributed by atoms with Gasteiger partial charge in [-0.3, -0.25) is 14.4 Å². The van der Waals surface area contributed by atoms with Gasteiger partial charge < -0.3 is 5.32 Å². The van der Waals surface area contributed by atoms with E-state index in [0.29, 0.717) is 0 Å². The molecule has 25 heavy (non-hydrogen) atoms. The lowest BCUT2D eigenvalue weighted by Crippen LogP contribution is -2.40. The molecular formula is C20H28N4O. The Balaban J connectivity index is 1.49. The summed E-state index contributed by atoms with van der Waals surface area (Å²) in [6.45, 7) is 7.00. The van der Waals surface area contributed by atoms with E-state index in [0.717, 1.165) is 43.7 Å². The highest BCUT2D eigenvalue weighted by atomic mass is 16.1. The zero-order valence-corrected chi connectivity index (χ0v) is 15.4. The lowest BCUT2D eigenvalue weighted by molar-refractivity contribution is -0.127. The molecule has 1 aromatic heterocycles. The second kappa shape index (κ2) is 7.83. The number of hydrogen-bond acceptors (Lipinski definition) is 3. The zero-order chi connectivity index (χ0) is 17.8. The number of benzene rings is 1. The van der Waals surface area contributed by atoms with Crippen LogP contribution >= 0.6 is 0 Å². The van der Waals surface area contributed by atoms with Crippen LogP contribution < -0.4 is 5.32 Å². The molecule has 2 heterocycles. The lowest BCUT2D eigenvalue weighted by Gasteiger charge is -2.31. The zero-order valence-electron chi connectivity index (χ0n) is 15.4. The molecule has 1 aromatic carbocycles. The fraction of sp³-hybridized carbons (Fsp3) is 0.500. The highest BCUT2D eigenvalue weighted by Gasteiger charge is 2.26. The predicted molar refractivity (Wildman–Crippen MR) is 98.9 cm³/mol. The number of amides is 1. The van der Waals surface area contributed by atoms with Crippen LogP contribution in [0.3, 0.4) is 0 Å². The first kappa shape index (κ1) is 17.7. The Hall–Kier alpha value is -2.14. The van der Waals surface area contributed by atoms with Crippen LogP contribution in [0.4, 0.5) is 0 Å². The SMILES string of the molecule is Cc1c([C@@H](C)NC(=O)C2CCN(Cc3ccccc3)CC2)cnn1C. The molecule has 0 spiro atoms. The standard InChI is InChI=1S/C20H28N4O/c1-15(19-13-21-23(3)16(19)2)22-20(25)18-9-11-24(12-10-18)14-17-7-5-4-6-8-17/h4-8,13,15,18H,9-12,14H2,1-3H3,(H,22,25)/t15-/m1/s1. The molecule has 0 unspecified atom stereocenters. The molecule has 0 aliphatic carbocycles. The fourth-order valence-corrected chi connectivity index (χ4v) is 3.54. The van der Waals surface area contributed by atoms with Crippen LogP contribution in [0.15, 0.2) is 36.5 Å². The first-order valence-corrected chi connectivity index (χ1v) is 9.09. The molecule has 2 aromatic rings. The van der Waals surface area contributed by atoms with Gasteiger partial charge in [-0.1, -0.05) is 30.3 Å². The van der Waals surface area contributed by atoms with Crippen molar-refractivity contribution in [3.05, 3.63) is 53.3 Å². The number of aryl methyl sites for hydroxylation is 1. The quantitative estimate of drug-likeness (QED) is 0.910. The van der Waals surface area contributed by atoms with E-state index in [9.17, 15) is 4.79 Å². The van der Waals surface area contributed by atoms with Crippen molar-refractivity contribution in [1.29, 1.82) is 0 Å². The Morgan fingerprint density at radius 3 is 2.56 bits per heavy atom. The van der Waals surface area contributed by atoms with Crippen LogP contribution in [0.25, 0.3) is 0 Å². The summed E-state index contributed by atoms with van der Waals surface area (Å²) >= 11 is 0. The van der Waals surface area contributed by atoms with Gasteiger partial charge in [0.2, 0.25) is 5.91 Å². The van der Waals surface area contributed by atoms with Crippen molar-refractivity contribution in [3.8, 4) is 0 Å². The number of rotatable bonds is 5. The molecule has 1 N–H and O–H groups in total. The molecule has 1 aliphatic rings. The van der Waals surface area contributed by atoms with E-state index in [4.69, 9.17) is 0 Å². The molecule has 0 radical (unpaired) electrons. The summed E-state index contributed by atoms with van der Waals surface area (Å²) in [6, 6.07) is 10.5. The number of nitrogens with one attached hydrogen (secondary N) is 1.